The molecule has 0 radical (unpaired) electrons. The summed E-state index contributed by atoms with van der Waals surface area (Å²) in [5, 5.41) is 0. The molecule has 0 aliphatic carbocycles. The Morgan fingerprint density at radius 2 is 1.80 bits per heavy atom. The van der Waals surface area contributed by atoms with Crippen LogP contribution in [0.25, 0.3) is 0 Å². The summed E-state index contributed by atoms with van der Waals surface area (Å²) in [6.07, 6.45) is 1.96. The van der Waals surface area contributed by atoms with E-state index in [-0.39, 0.29) is 5.91 Å². The lowest BCUT2D eigenvalue weighted by Gasteiger charge is -2.20. The number of primary amides is 1. The van der Waals surface area contributed by atoms with E-state index in [1.165, 1.54) is 11.1 Å². The van der Waals surface area contributed by atoms with Crippen molar-refractivity contribution >= 4 is 11.8 Å². The van der Waals surface area contributed by atoms with Crippen molar-refractivity contribution in [2.24, 2.45) is 5.73 Å². The average molecular weight is 338 g/mol. The Labute approximate surface area is 147 Å². The average Bonchev–Trinajstić information content (AvgIpc) is 2.84. The molecule has 0 spiro atoms. The van der Waals surface area contributed by atoms with Crippen LogP contribution in [0.15, 0.2) is 42.5 Å². The van der Waals surface area contributed by atoms with Crippen molar-refractivity contribution in [1.29, 1.82) is 0 Å². The molecule has 3 rings (SSSR count). The van der Waals surface area contributed by atoms with Gasteiger partial charge in [-0.2, -0.15) is 0 Å². The molecule has 2 amide bonds. The van der Waals surface area contributed by atoms with Gasteiger partial charge in [0.1, 0.15) is 5.75 Å². The normalized spacial score (nSPS) is 13.7. The topological polar surface area (TPSA) is 72.6 Å². The van der Waals surface area contributed by atoms with Gasteiger partial charge in [-0.15, -0.1) is 0 Å². The van der Waals surface area contributed by atoms with Crippen molar-refractivity contribution in [3.05, 3.63) is 64.7 Å². The summed E-state index contributed by atoms with van der Waals surface area (Å²) in [7, 11) is 1.68. The summed E-state index contributed by atoms with van der Waals surface area (Å²) in [6.45, 7) is 1.39. The SMILES string of the molecule is COc1cccc2c1CCN(C(=O)Cc1ccc(C(N)=O)cc1)CC2. The van der Waals surface area contributed by atoms with Crippen molar-refractivity contribution in [3.63, 3.8) is 0 Å². The van der Waals surface area contributed by atoms with Crippen LogP contribution in [-0.2, 0) is 24.1 Å². The minimum atomic E-state index is -0.461. The first kappa shape index (κ1) is 17.0. The fraction of sp³-hybridized carbons (Fsp3) is 0.300. The lowest BCUT2D eigenvalue weighted by atomic mass is 10.0. The standard InChI is InChI=1S/C20H22N2O3/c1-25-18-4-2-3-15-9-11-22(12-10-17(15)18)19(23)13-14-5-7-16(8-6-14)20(21)24/h2-8H,9-13H2,1H3,(H2,21,24). The molecular weight excluding hydrogens is 316 g/mol. The Bertz CT molecular complexity index is 784. The summed E-state index contributed by atoms with van der Waals surface area (Å²) in [5.41, 5.74) is 9.03. The van der Waals surface area contributed by atoms with Gasteiger partial charge in [-0.3, -0.25) is 9.59 Å². The zero-order valence-corrected chi connectivity index (χ0v) is 14.3. The number of hydrogen-bond acceptors (Lipinski definition) is 3. The van der Waals surface area contributed by atoms with Gasteiger partial charge in [0.05, 0.1) is 13.5 Å². The fourth-order valence-corrected chi connectivity index (χ4v) is 3.26. The zero-order valence-electron chi connectivity index (χ0n) is 14.3. The van der Waals surface area contributed by atoms with Crippen molar-refractivity contribution < 1.29 is 14.3 Å². The third-order valence-electron chi connectivity index (χ3n) is 4.68. The number of ether oxygens (including phenoxy) is 1. The van der Waals surface area contributed by atoms with Crippen LogP contribution in [0.3, 0.4) is 0 Å². The van der Waals surface area contributed by atoms with Gasteiger partial charge < -0.3 is 15.4 Å². The number of rotatable bonds is 4. The Balaban J connectivity index is 1.67. The Kier molecular flexibility index (Phi) is 5.03. The maximum Gasteiger partial charge on any atom is 0.248 e. The van der Waals surface area contributed by atoms with Gasteiger partial charge in [0.2, 0.25) is 11.8 Å². The van der Waals surface area contributed by atoms with E-state index in [0.29, 0.717) is 25.1 Å². The van der Waals surface area contributed by atoms with E-state index in [1.807, 2.05) is 17.0 Å². The number of methoxy groups -OCH3 is 1. The highest BCUT2D eigenvalue weighted by molar-refractivity contribution is 5.92. The lowest BCUT2D eigenvalue weighted by molar-refractivity contribution is -0.130. The van der Waals surface area contributed by atoms with E-state index in [9.17, 15) is 9.59 Å². The van der Waals surface area contributed by atoms with Crippen molar-refractivity contribution in [1.82, 2.24) is 4.90 Å². The molecule has 2 aromatic carbocycles. The molecule has 0 unspecified atom stereocenters. The highest BCUT2D eigenvalue weighted by atomic mass is 16.5. The number of carbonyl (C=O) groups excluding carboxylic acids is 2. The fourth-order valence-electron chi connectivity index (χ4n) is 3.26. The van der Waals surface area contributed by atoms with Crippen LogP contribution in [0, 0.1) is 0 Å². The van der Waals surface area contributed by atoms with E-state index in [2.05, 4.69) is 6.07 Å². The van der Waals surface area contributed by atoms with Gasteiger partial charge in [-0.25, -0.2) is 0 Å². The molecule has 130 valence electrons. The van der Waals surface area contributed by atoms with E-state index < -0.39 is 5.91 Å². The van der Waals surface area contributed by atoms with E-state index in [1.54, 1.807) is 31.4 Å². The molecule has 0 atom stereocenters. The Hall–Kier alpha value is -2.82. The summed E-state index contributed by atoms with van der Waals surface area (Å²) in [4.78, 5) is 25.7. The molecule has 0 saturated heterocycles. The highest BCUT2D eigenvalue weighted by Gasteiger charge is 2.20. The number of amides is 2. The molecule has 2 aromatic rings. The number of nitrogens with two attached hydrogens (primary N) is 1. The van der Waals surface area contributed by atoms with E-state index in [4.69, 9.17) is 10.5 Å². The first-order chi connectivity index (χ1) is 12.1. The van der Waals surface area contributed by atoms with Crippen LogP contribution in [0.2, 0.25) is 0 Å². The number of nitrogens with zero attached hydrogens (tertiary/aromatic N) is 1. The zero-order chi connectivity index (χ0) is 17.8. The monoisotopic (exact) mass is 338 g/mol. The third kappa shape index (κ3) is 3.82. The maximum absolute atomic E-state index is 12.6. The second-order valence-electron chi connectivity index (χ2n) is 6.22. The summed E-state index contributed by atoms with van der Waals surface area (Å²) >= 11 is 0. The quantitative estimate of drug-likeness (QED) is 0.926. The summed E-state index contributed by atoms with van der Waals surface area (Å²) in [5.74, 6) is 0.532. The summed E-state index contributed by atoms with van der Waals surface area (Å²) in [6, 6.07) is 13.0. The number of hydrogen-bond donors (Lipinski definition) is 1. The van der Waals surface area contributed by atoms with Crippen LogP contribution in [-0.4, -0.2) is 36.9 Å². The minimum absolute atomic E-state index is 0.0959. The molecule has 25 heavy (non-hydrogen) atoms. The minimum Gasteiger partial charge on any atom is -0.496 e. The van der Waals surface area contributed by atoms with Crippen LogP contribution in [0.5, 0.6) is 5.75 Å². The first-order valence-corrected chi connectivity index (χ1v) is 8.39. The van der Waals surface area contributed by atoms with Gasteiger partial charge in [-0.05, 0) is 47.7 Å². The second kappa shape index (κ2) is 7.38. The number of benzene rings is 2. The molecule has 0 bridgehead atoms. The van der Waals surface area contributed by atoms with Gasteiger partial charge in [0, 0.05) is 18.7 Å². The molecule has 1 heterocycles. The summed E-state index contributed by atoms with van der Waals surface area (Å²) < 4.78 is 5.45. The molecule has 2 N–H and O–H groups in total. The largest absolute Gasteiger partial charge is 0.496 e. The van der Waals surface area contributed by atoms with Gasteiger partial charge in [0.15, 0.2) is 0 Å². The number of carbonyl (C=O) groups is 2. The van der Waals surface area contributed by atoms with Gasteiger partial charge in [-0.1, -0.05) is 24.3 Å². The van der Waals surface area contributed by atoms with Crippen LogP contribution < -0.4 is 10.5 Å². The van der Waals surface area contributed by atoms with Crippen molar-refractivity contribution in [3.8, 4) is 5.75 Å². The molecule has 5 nitrogen and oxygen atoms in total. The third-order valence-corrected chi connectivity index (χ3v) is 4.68. The first-order valence-electron chi connectivity index (χ1n) is 8.39. The van der Waals surface area contributed by atoms with Crippen LogP contribution in [0.4, 0.5) is 0 Å². The highest BCUT2D eigenvalue weighted by Crippen LogP contribution is 2.26. The molecule has 1 aliphatic rings. The Morgan fingerprint density at radius 1 is 1.08 bits per heavy atom. The second-order valence-corrected chi connectivity index (χ2v) is 6.22. The molecular formula is C20H22N2O3. The van der Waals surface area contributed by atoms with Crippen LogP contribution >= 0.6 is 0 Å². The predicted molar refractivity (Wildman–Crippen MR) is 95.6 cm³/mol. The number of fused-ring (bicyclic) bond motifs is 1. The van der Waals surface area contributed by atoms with Crippen molar-refractivity contribution in [2.45, 2.75) is 19.3 Å². The lowest BCUT2D eigenvalue weighted by Crippen LogP contribution is -2.34. The maximum atomic E-state index is 12.6. The smallest absolute Gasteiger partial charge is 0.248 e. The van der Waals surface area contributed by atoms with Crippen LogP contribution in [0.1, 0.15) is 27.0 Å². The predicted octanol–water partition coefficient (Wildman–Crippen LogP) is 1.96. The van der Waals surface area contributed by atoms with E-state index in [0.717, 1.165) is 24.2 Å². The molecule has 0 fully saturated rings. The molecule has 1 aliphatic heterocycles. The van der Waals surface area contributed by atoms with E-state index >= 15 is 0 Å². The molecule has 0 saturated carbocycles. The van der Waals surface area contributed by atoms with Gasteiger partial charge >= 0.3 is 0 Å². The van der Waals surface area contributed by atoms with Crippen molar-refractivity contribution in [2.75, 3.05) is 20.2 Å². The molecule has 0 aromatic heterocycles. The molecule has 5 heteroatoms. The Morgan fingerprint density at radius 3 is 2.48 bits per heavy atom. The van der Waals surface area contributed by atoms with Gasteiger partial charge in [0.25, 0.3) is 0 Å².